The summed E-state index contributed by atoms with van der Waals surface area (Å²) in [6.45, 7) is 3.63. The molecule has 2 amide bonds. The van der Waals surface area contributed by atoms with Gasteiger partial charge in [0, 0.05) is 24.2 Å². The van der Waals surface area contributed by atoms with Gasteiger partial charge in [-0.15, -0.1) is 0 Å². The standard InChI is InChI=1S/C24H20Cl2N4O4/c1-13-19(21(29-33-13)15-7-3-5-9-17(15)25)23(31)27-11-12-28-24(32)20-14(2)34-30-22(20)16-8-4-6-10-18(16)26/h3-10H,11-12H2,1-2H3,(H,27,31)(H,28,32). The highest BCUT2D eigenvalue weighted by Crippen LogP contribution is 2.32. The Morgan fingerprint density at radius 3 is 1.50 bits per heavy atom. The van der Waals surface area contributed by atoms with Crippen molar-refractivity contribution in [2.45, 2.75) is 13.8 Å². The first kappa shape index (κ1) is 23.5. The molecule has 2 heterocycles. The molecule has 0 fully saturated rings. The van der Waals surface area contributed by atoms with E-state index in [1.807, 2.05) is 0 Å². The summed E-state index contributed by atoms with van der Waals surface area (Å²) >= 11 is 12.5. The summed E-state index contributed by atoms with van der Waals surface area (Å²) < 4.78 is 10.5. The van der Waals surface area contributed by atoms with Crippen LogP contribution in [0.15, 0.2) is 57.6 Å². The Morgan fingerprint density at radius 1 is 0.735 bits per heavy atom. The Labute approximate surface area is 205 Å². The molecule has 10 heteroatoms. The van der Waals surface area contributed by atoms with E-state index in [4.69, 9.17) is 32.2 Å². The number of amides is 2. The number of carbonyl (C=O) groups excluding carboxylic acids is 2. The summed E-state index contributed by atoms with van der Waals surface area (Å²) in [5, 5.41) is 14.4. The predicted octanol–water partition coefficient (Wildman–Crippen LogP) is 5.08. The minimum absolute atomic E-state index is 0.170. The fourth-order valence-electron chi connectivity index (χ4n) is 3.48. The molecule has 0 spiro atoms. The van der Waals surface area contributed by atoms with Gasteiger partial charge in [0.2, 0.25) is 0 Å². The second-order valence-corrected chi connectivity index (χ2v) is 8.21. The number of hydrogen-bond donors (Lipinski definition) is 2. The molecule has 0 bridgehead atoms. The lowest BCUT2D eigenvalue weighted by Crippen LogP contribution is -2.35. The lowest BCUT2D eigenvalue weighted by Gasteiger charge is -2.09. The van der Waals surface area contributed by atoms with Crippen molar-refractivity contribution in [3.63, 3.8) is 0 Å². The molecule has 0 unspecified atom stereocenters. The number of carbonyl (C=O) groups is 2. The molecule has 0 aliphatic heterocycles. The Balaban J connectivity index is 1.41. The van der Waals surface area contributed by atoms with Gasteiger partial charge in [-0.2, -0.15) is 0 Å². The molecule has 0 saturated carbocycles. The third kappa shape index (κ3) is 4.69. The largest absolute Gasteiger partial charge is 0.360 e. The van der Waals surface area contributed by atoms with Crippen LogP contribution in [0.1, 0.15) is 32.2 Å². The van der Waals surface area contributed by atoms with Crippen LogP contribution in [0, 0.1) is 13.8 Å². The third-order valence-corrected chi connectivity index (χ3v) is 5.79. The van der Waals surface area contributed by atoms with Crippen molar-refractivity contribution in [3.05, 3.63) is 81.2 Å². The van der Waals surface area contributed by atoms with Crippen LogP contribution in [0.2, 0.25) is 10.0 Å². The molecular formula is C24H20Cl2N4O4. The lowest BCUT2D eigenvalue weighted by atomic mass is 10.1. The van der Waals surface area contributed by atoms with Crippen molar-refractivity contribution < 1.29 is 18.6 Å². The maximum Gasteiger partial charge on any atom is 0.257 e. The van der Waals surface area contributed by atoms with Gasteiger partial charge < -0.3 is 19.7 Å². The molecular weight excluding hydrogens is 479 g/mol. The predicted molar refractivity (Wildman–Crippen MR) is 128 cm³/mol. The number of benzene rings is 2. The Morgan fingerprint density at radius 2 is 1.12 bits per heavy atom. The van der Waals surface area contributed by atoms with Crippen LogP contribution in [-0.4, -0.2) is 35.2 Å². The zero-order chi connectivity index (χ0) is 24.2. The normalized spacial score (nSPS) is 10.8. The lowest BCUT2D eigenvalue weighted by molar-refractivity contribution is 0.0926. The molecule has 2 aromatic heterocycles. The summed E-state index contributed by atoms with van der Waals surface area (Å²) in [4.78, 5) is 25.7. The number of hydrogen-bond acceptors (Lipinski definition) is 6. The van der Waals surface area contributed by atoms with Crippen molar-refractivity contribution in [2.75, 3.05) is 13.1 Å². The van der Waals surface area contributed by atoms with E-state index < -0.39 is 0 Å². The Bertz CT molecular complexity index is 1260. The minimum Gasteiger partial charge on any atom is -0.360 e. The molecule has 34 heavy (non-hydrogen) atoms. The first-order valence-electron chi connectivity index (χ1n) is 10.4. The number of rotatable bonds is 7. The van der Waals surface area contributed by atoms with E-state index in [0.717, 1.165) is 0 Å². The molecule has 4 rings (SSSR count). The SMILES string of the molecule is Cc1onc(-c2ccccc2Cl)c1C(=O)NCCNC(=O)c1c(-c2ccccc2Cl)noc1C. The second kappa shape index (κ2) is 10.1. The third-order valence-electron chi connectivity index (χ3n) is 5.13. The van der Waals surface area contributed by atoms with Crippen LogP contribution in [0.4, 0.5) is 0 Å². The summed E-state index contributed by atoms with van der Waals surface area (Å²) in [6, 6.07) is 14.1. The molecule has 4 aromatic rings. The van der Waals surface area contributed by atoms with Crippen LogP contribution in [0.5, 0.6) is 0 Å². The van der Waals surface area contributed by atoms with Crippen molar-refractivity contribution in [2.24, 2.45) is 0 Å². The fraction of sp³-hybridized carbons (Fsp3) is 0.167. The minimum atomic E-state index is -0.388. The van der Waals surface area contributed by atoms with E-state index in [-0.39, 0.29) is 36.0 Å². The molecule has 0 aliphatic carbocycles. The van der Waals surface area contributed by atoms with Crippen LogP contribution in [-0.2, 0) is 0 Å². The van der Waals surface area contributed by atoms with E-state index in [9.17, 15) is 9.59 Å². The van der Waals surface area contributed by atoms with E-state index in [1.165, 1.54) is 0 Å². The summed E-state index contributed by atoms with van der Waals surface area (Å²) in [6.07, 6.45) is 0. The monoisotopic (exact) mass is 498 g/mol. The second-order valence-electron chi connectivity index (χ2n) is 7.40. The van der Waals surface area contributed by atoms with Gasteiger partial charge in [0.15, 0.2) is 0 Å². The van der Waals surface area contributed by atoms with Crippen molar-refractivity contribution in [1.29, 1.82) is 0 Å². The van der Waals surface area contributed by atoms with Crippen LogP contribution < -0.4 is 10.6 Å². The molecule has 174 valence electrons. The molecule has 2 N–H and O–H groups in total. The first-order chi connectivity index (χ1) is 16.4. The molecule has 0 saturated heterocycles. The zero-order valence-corrected chi connectivity index (χ0v) is 19.8. The summed E-state index contributed by atoms with van der Waals surface area (Å²) in [5.74, 6) is -0.0523. The van der Waals surface area contributed by atoms with Gasteiger partial charge in [0.1, 0.15) is 34.0 Å². The van der Waals surface area contributed by atoms with Gasteiger partial charge >= 0.3 is 0 Å². The van der Waals surface area contributed by atoms with Crippen molar-refractivity contribution in [3.8, 4) is 22.5 Å². The van der Waals surface area contributed by atoms with Gasteiger partial charge in [-0.3, -0.25) is 9.59 Å². The maximum atomic E-state index is 12.8. The number of nitrogens with one attached hydrogen (secondary N) is 2. The Hall–Kier alpha value is -3.62. The molecule has 2 aromatic carbocycles. The van der Waals surface area contributed by atoms with E-state index >= 15 is 0 Å². The smallest absolute Gasteiger partial charge is 0.257 e. The van der Waals surface area contributed by atoms with Crippen molar-refractivity contribution in [1.82, 2.24) is 20.9 Å². The summed E-state index contributed by atoms with van der Waals surface area (Å²) in [7, 11) is 0. The first-order valence-corrected chi connectivity index (χ1v) is 11.1. The quantitative estimate of drug-likeness (QED) is 0.343. The molecule has 8 nitrogen and oxygen atoms in total. The number of nitrogens with zero attached hydrogens (tertiary/aromatic N) is 2. The average molecular weight is 499 g/mol. The molecule has 0 atom stereocenters. The zero-order valence-electron chi connectivity index (χ0n) is 18.3. The molecule has 0 aliphatic rings. The van der Waals surface area contributed by atoms with Crippen LogP contribution in [0.3, 0.4) is 0 Å². The van der Waals surface area contributed by atoms with E-state index in [0.29, 0.717) is 44.1 Å². The summed E-state index contributed by atoms with van der Waals surface area (Å²) in [5.41, 5.74) is 2.47. The highest BCUT2D eigenvalue weighted by Gasteiger charge is 2.24. The van der Waals surface area contributed by atoms with Crippen LogP contribution in [0.25, 0.3) is 22.5 Å². The van der Waals surface area contributed by atoms with Crippen molar-refractivity contribution >= 4 is 35.0 Å². The number of aryl methyl sites for hydroxylation is 2. The van der Waals surface area contributed by atoms with E-state index in [2.05, 4.69) is 20.9 Å². The number of halogens is 2. The fourth-order valence-corrected chi connectivity index (χ4v) is 3.93. The van der Waals surface area contributed by atoms with Gasteiger partial charge in [0.05, 0.1) is 10.0 Å². The van der Waals surface area contributed by atoms with E-state index in [1.54, 1.807) is 62.4 Å². The average Bonchev–Trinajstić information content (AvgIpc) is 3.39. The highest BCUT2D eigenvalue weighted by atomic mass is 35.5. The van der Waals surface area contributed by atoms with Crippen LogP contribution >= 0.6 is 23.2 Å². The Kier molecular flexibility index (Phi) is 7.00. The van der Waals surface area contributed by atoms with Gasteiger partial charge in [-0.1, -0.05) is 69.9 Å². The van der Waals surface area contributed by atoms with Gasteiger partial charge in [-0.25, -0.2) is 0 Å². The highest BCUT2D eigenvalue weighted by molar-refractivity contribution is 6.33. The molecule has 0 radical (unpaired) electrons. The topological polar surface area (TPSA) is 110 Å². The number of aromatic nitrogens is 2. The maximum absolute atomic E-state index is 12.8. The van der Waals surface area contributed by atoms with Gasteiger partial charge in [0.25, 0.3) is 11.8 Å². The van der Waals surface area contributed by atoms with Gasteiger partial charge in [-0.05, 0) is 26.0 Å².